The Bertz CT molecular complexity index is 1270. The molecule has 3 heterocycles. The van der Waals surface area contributed by atoms with Gasteiger partial charge < -0.3 is 15.5 Å². The lowest BCUT2D eigenvalue weighted by atomic mass is 10.0. The van der Waals surface area contributed by atoms with Crippen LogP contribution in [0, 0.1) is 11.3 Å². The van der Waals surface area contributed by atoms with Gasteiger partial charge >= 0.3 is 0 Å². The molecule has 0 aliphatic carbocycles. The van der Waals surface area contributed by atoms with E-state index in [9.17, 15) is 0 Å². The van der Waals surface area contributed by atoms with Crippen LogP contribution in [-0.4, -0.2) is 46.0 Å². The van der Waals surface area contributed by atoms with E-state index in [2.05, 4.69) is 43.7 Å². The Balaban J connectivity index is 1.33. The molecule has 2 aromatic carbocycles. The summed E-state index contributed by atoms with van der Waals surface area (Å²) in [5, 5.41) is 16.6. The van der Waals surface area contributed by atoms with Gasteiger partial charge in [0.2, 0.25) is 5.95 Å². The van der Waals surface area contributed by atoms with Crippen LogP contribution in [-0.2, 0) is 0 Å². The third-order valence-corrected chi connectivity index (χ3v) is 5.89. The van der Waals surface area contributed by atoms with Gasteiger partial charge in [0, 0.05) is 47.7 Å². The van der Waals surface area contributed by atoms with Gasteiger partial charge in [0.25, 0.3) is 0 Å². The van der Waals surface area contributed by atoms with Crippen LogP contribution in [0.2, 0.25) is 0 Å². The van der Waals surface area contributed by atoms with E-state index in [1.165, 1.54) is 25.9 Å². The third-order valence-electron chi connectivity index (χ3n) is 5.89. The first-order chi connectivity index (χ1) is 16.3. The molecule has 0 saturated carbocycles. The first-order valence-corrected chi connectivity index (χ1v) is 11.2. The molecular weight excluding hydrogens is 410 g/mol. The monoisotopic (exact) mass is 435 g/mol. The quantitative estimate of drug-likeness (QED) is 0.430. The summed E-state index contributed by atoms with van der Waals surface area (Å²) >= 11 is 0. The van der Waals surface area contributed by atoms with E-state index in [0.717, 1.165) is 46.6 Å². The van der Waals surface area contributed by atoms with E-state index < -0.39 is 0 Å². The zero-order valence-corrected chi connectivity index (χ0v) is 18.3. The number of pyridine rings is 1. The number of nitriles is 1. The fourth-order valence-electron chi connectivity index (χ4n) is 4.11. The van der Waals surface area contributed by atoms with Crippen molar-refractivity contribution in [3.63, 3.8) is 0 Å². The normalized spacial score (nSPS) is 13.7. The maximum atomic E-state index is 8.97. The summed E-state index contributed by atoms with van der Waals surface area (Å²) in [7, 11) is 0. The number of para-hydroxylation sites is 1. The summed E-state index contributed by atoms with van der Waals surface area (Å²) in [6, 6.07) is 19.5. The predicted molar refractivity (Wildman–Crippen MR) is 131 cm³/mol. The van der Waals surface area contributed by atoms with Crippen LogP contribution in [0.5, 0.6) is 0 Å². The third kappa shape index (κ3) is 4.92. The molecule has 5 rings (SSSR count). The summed E-state index contributed by atoms with van der Waals surface area (Å²) in [6.07, 6.45) is 6.33. The molecule has 0 atom stereocenters. The van der Waals surface area contributed by atoms with E-state index in [1.54, 1.807) is 12.1 Å². The average molecular weight is 436 g/mol. The van der Waals surface area contributed by atoms with Gasteiger partial charge in [0.15, 0.2) is 0 Å². The Morgan fingerprint density at radius 1 is 0.939 bits per heavy atom. The van der Waals surface area contributed by atoms with Crippen LogP contribution in [0.25, 0.3) is 22.0 Å². The highest BCUT2D eigenvalue weighted by molar-refractivity contribution is 5.93. The number of rotatable bonds is 7. The minimum absolute atomic E-state index is 0.507. The minimum atomic E-state index is 0.507. The number of hydrogen-bond acceptors (Lipinski definition) is 7. The van der Waals surface area contributed by atoms with E-state index in [0.29, 0.717) is 11.5 Å². The van der Waals surface area contributed by atoms with Gasteiger partial charge in [-0.15, -0.1) is 0 Å². The van der Waals surface area contributed by atoms with Crippen molar-refractivity contribution in [3.05, 3.63) is 72.6 Å². The van der Waals surface area contributed by atoms with Gasteiger partial charge in [-0.3, -0.25) is 0 Å². The molecule has 0 spiro atoms. The minimum Gasteiger partial charge on any atom is -0.369 e. The van der Waals surface area contributed by atoms with Crippen molar-refractivity contribution in [2.24, 2.45) is 0 Å². The molecule has 33 heavy (non-hydrogen) atoms. The molecule has 2 aromatic heterocycles. The number of nitrogens with zero attached hydrogens (tertiary/aromatic N) is 5. The SMILES string of the molecule is N#Cc1ccc(Nc2ncc3cccc(-c4ccc(NCCN5CCCC5)nc4)c3n2)cc1. The summed E-state index contributed by atoms with van der Waals surface area (Å²) in [6.45, 7) is 4.37. The van der Waals surface area contributed by atoms with Crippen molar-refractivity contribution >= 4 is 28.4 Å². The van der Waals surface area contributed by atoms with Gasteiger partial charge in [-0.05, 0) is 62.3 Å². The summed E-state index contributed by atoms with van der Waals surface area (Å²) in [5.41, 5.74) is 4.32. The maximum absolute atomic E-state index is 8.97. The Morgan fingerprint density at radius 3 is 2.55 bits per heavy atom. The fourth-order valence-corrected chi connectivity index (χ4v) is 4.11. The molecule has 0 amide bonds. The zero-order valence-electron chi connectivity index (χ0n) is 18.3. The zero-order chi connectivity index (χ0) is 22.5. The Labute approximate surface area is 193 Å². The van der Waals surface area contributed by atoms with Gasteiger partial charge in [-0.2, -0.15) is 5.26 Å². The van der Waals surface area contributed by atoms with Gasteiger partial charge in [-0.25, -0.2) is 15.0 Å². The fraction of sp³-hybridized carbons (Fsp3) is 0.231. The molecule has 7 heteroatoms. The van der Waals surface area contributed by atoms with Crippen molar-refractivity contribution in [2.45, 2.75) is 12.8 Å². The molecule has 0 bridgehead atoms. The van der Waals surface area contributed by atoms with Crippen LogP contribution in [0.15, 0.2) is 67.0 Å². The lowest BCUT2D eigenvalue weighted by molar-refractivity contribution is 0.352. The second-order valence-electron chi connectivity index (χ2n) is 8.16. The van der Waals surface area contributed by atoms with Crippen LogP contribution in [0.1, 0.15) is 18.4 Å². The van der Waals surface area contributed by atoms with Gasteiger partial charge in [0.05, 0.1) is 17.1 Å². The highest BCUT2D eigenvalue weighted by Crippen LogP contribution is 2.28. The number of anilines is 3. The van der Waals surface area contributed by atoms with Crippen molar-refractivity contribution in [1.29, 1.82) is 5.26 Å². The molecule has 7 nitrogen and oxygen atoms in total. The Hall–Kier alpha value is -4.02. The molecular formula is C26H25N7. The van der Waals surface area contributed by atoms with Crippen molar-refractivity contribution in [1.82, 2.24) is 19.9 Å². The largest absolute Gasteiger partial charge is 0.369 e. The summed E-state index contributed by atoms with van der Waals surface area (Å²) in [4.78, 5) is 16.3. The molecule has 0 unspecified atom stereocenters. The van der Waals surface area contributed by atoms with Crippen molar-refractivity contribution < 1.29 is 0 Å². The first kappa shape index (κ1) is 20.9. The average Bonchev–Trinajstić information content (AvgIpc) is 3.38. The van der Waals surface area contributed by atoms with Crippen LogP contribution < -0.4 is 10.6 Å². The van der Waals surface area contributed by atoms with Crippen molar-refractivity contribution in [2.75, 3.05) is 36.8 Å². The van der Waals surface area contributed by atoms with Gasteiger partial charge in [-0.1, -0.05) is 18.2 Å². The number of nitrogens with one attached hydrogen (secondary N) is 2. The molecule has 0 radical (unpaired) electrons. The summed E-state index contributed by atoms with van der Waals surface area (Å²) < 4.78 is 0. The predicted octanol–water partition coefficient (Wildman–Crippen LogP) is 4.81. The second kappa shape index (κ2) is 9.63. The number of hydrogen-bond donors (Lipinski definition) is 2. The van der Waals surface area contributed by atoms with E-state index in [4.69, 9.17) is 10.2 Å². The second-order valence-corrected chi connectivity index (χ2v) is 8.16. The molecule has 2 N–H and O–H groups in total. The molecule has 1 fully saturated rings. The van der Waals surface area contributed by atoms with Crippen LogP contribution in [0.3, 0.4) is 0 Å². The molecule has 1 aliphatic rings. The lowest BCUT2D eigenvalue weighted by Crippen LogP contribution is -2.26. The summed E-state index contributed by atoms with van der Waals surface area (Å²) in [5.74, 6) is 1.39. The number of benzene rings is 2. The Morgan fingerprint density at radius 2 is 1.79 bits per heavy atom. The van der Waals surface area contributed by atoms with Crippen LogP contribution >= 0.6 is 0 Å². The topological polar surface area (TPSA) is 89.8 Å². The highest BCUT2D eigenvalue weighted by Gasteiger charge is 2.11. The van der Waals surface area contributed by atoms with Crippen molar-refractivity contribution in [3.8, 4) is 17.2 Å². The van der Waals surface area contributed by atoms with Gasteiger partial charge in [0.1, 0.15) is 5.82 Å². The van der Waals surface area contributed by atoms with Crippen LogP contribution in [0.4, 0.5) is 17.5 Å². The molecule has 164 valence electrons. The first-order valence-electron chi connectivity index (χ1n) is 11.2. The number of fused-ring (bicyclic) bond motifs is 1. The standard InChI is InChI=1S/C26H25N7/c27-16-19-6-9-22(10-7-19)31-26-30-18-21-4-3-5-23(25(21)32-26)20-8-11-24(29-17-20)28-12-15-33-13-1-2-14-33/h3-11,17-18H,1-2,12-15H2,(H,28,29)(H,30,31,32). The Kier molecular flexibility index (Phi) is 6.09. The lowest BCUT2D eigenvalue weighted by Gasteiger charge is -2.15. The number of likely N-dealkylation sites (tertiary alicyclic amines) is 1. The smallest absolute Gasteiger partial charge is 0.227 e. The highest BCUT2D eigenvalue weighted by atomic mass is 15.2. The molecule has 4 aromatic rings. The number of aromatic nitrogens is 3. The van der Waals surface area contributed by atoms with E-state index in [-0.39, 0.29) is 0 Å². The van der Waals surface area contributed by atoms with E-state index in [1.807, 2.05) is 42.7 Å². The maximum Gasteiger partial charge on any atom is 0.227 e. The van der Waals surface area contributed by atoms with E-state index >= 15 is 0 Å². The molecule has 1 aliphatic heterocycles. The molecule has 1 saturated heterocycles.